The summed E-state index contributed by atoms with van der Waals surface area (Å²) in [5.74, 6) is 0.616. The standard InChI is InChI=1S/C16H23BrO2/c1-3-5-8-13(4-2)11-19-12-16(18)14-9-6-7-10-15(14)17/h6-7,9-10,13H,3-5,8,11-12H2,1-2H3. The van der Waals surface area contributed by atoms with E-state index in [2.05, 4.69) is 29.8 Å². The first-order chi connectivity index (χ1) is 9.19. The minimum absolute atomic E-state index is 0.0396. The van der Waals surface area contributed by atoms with Gasteiger partial charge in [0, 0.05) is 16.6 Å². The fraction of sp³-hybridized carbons (Fsp3) is 0.562. The van der Waals surface area contributed by atoms with Crippen LogP contribution in [0.5, 0.6) is 0 Å². The Morgan fingerprint density at radius 2 is 2.05 bits per heavy atom. The molecule has 0 aliphatic heterocycles. The summed E-state index contributed by atoms with van der Waals surface area (Å²) >= 11 is 3.39. The molecule has 0 aromatic heterocycles. The third-order valence-corrected chi connectivity index (χ3v) is 4.00. The molecule has 0 saturated carbocycles. The molecule has 0 aliphatic rings. The van der Waals surface area contributed by atoms with E-state index >= 15 is 0 Å². The number of halogens is 1. The lowest BCUT2D eigenvalue weighted by atomic mass is 10.0. The molecule has 0 saturated heterocycles. The average molecular weight is 327 g/mol. The number of Topliss-reactive ketones (excluding diaryl/α,β-unsaturated/α-hetero) is 1. The van der Waals surface area contributed by atoms with Crippen LogP contribution in [0.15, 0.2) is 28.7 Å². The van der Waals surface area contributed by atoms with Gasteiger partial charge in [0.2, 0.25) is 0 Å². The van der Waals surface area contributed by atoms with Crippen molar-refractivity contribution >= 4 is 21.7 Å². The largest absolute Gasteiger partial charge is 0.373 e. The Labute approximate surface area is 124 Å². The minimum Gasteiger partial charge on any atom is -0.373 e. The molecular formula is C16H23BrO2. The lowest BCUT2D eigenvalue weighted by molar-refractivity contribution is 0.0658. The Hall–Kier alpha value is -0.670. The van der Waals surface area contributed by atoms with Gasteiger partial charge in [0.25, 0.3) is 0 Å². The van der Waals surface area contributed by atoms with Crippen LogP contribution in [0.2, 0.25) is 0 Å². The summed E-state index contributed by atoms with van der Waals surface area (Å²) in [7, 11) is 0. The molecule has 0 heterocycles. The molecule has 2 nitrogen and oxygen atoms in total. The Morgan fingerprint density at radius 3 is 2.68 bits per heavy atom. The fourth-order valence-corrected chi connectivity index (χ4v) is 2.49. The number of ether oxygens (including phenoxy) is 1. The summed E-state index contributed by atoms with van der Waals surface area (Å²) in [6, 6.07) is 7.47. The Morgan fingerprint density at radius 1 is 1.32 bits per heavy atom. The van der Waals surface area contributed by atoms with E-state index in [0.717, 1.165) is 10.9 Å². The summed E-state index contributed by atoms with van der Waals surface area (Å²) < 4.78 is 6.42. The molecule has 1 atom stereocenters. The minimum atomic E-state index is 0.0396. The van der Waals surface area contributed by atoms with Crippen LogP contribution in [0.3, 0.4) is 0 Å². The first-order valence-corrected chi connectivity index (χ1v) is 7.83. The SMILES string of the molecule is CCCCC(CC)COCC(=O)c1ccccc1Br. The zero-order valence-corrected chi connectivity index (χ0v) is 13.4. The van der Waals surface area contributed by atoms with Crippen LogP contribution < -0.4 is 0 Å². The topological polar surface area (TPSA) is 26.3 Å². The maximum absolute atomic E-state index is 12.0. The van der Waals surface area contributed by atoms with Gasteiger partial charge in [0.15, 0.2) is 5.78 Å². The second-order valence-corrected chi connectivity index (χ2v) is 5.69. The van der Waals surface area contributed by atoms with Gasteiger partial charge >= 0.3 is 0 Å². The van der Waals surface area contributed by atoms with E-state index in [1.54, 1.807) is 0 Å². The van der Waals surface area contributed by atoms with Crippen LogP contribution in [0.1, 0.15) is 49.9 Å². The quantitative estimate of drug-likeness (QED) is 0.605. The van der Waals surface area contributed by atoms with Gasteiger partial charge in [-0.2, -0.15) is 0 Å². The van der Waals surface area contributed by atoms with Crippen molar-refractivity contribution in [1.29, 1.82) is 0 Å². The molecule has 0 amide bonds. The van der Waals surface area contributed by atoms with Crippen molar-refractivity contribution in [2.45, 2.75) is 39.5 Å². The molecule has 0 radical (unpaired) electrons. The molecule has 19 heavy (non-hydrogen) atoms. The van der Waals surface area contributed by atoms with Gasteiger partial charge in [0.1, 0.15) is 6.61 Å². The van der Waals surface area contributed by atoms with Gasteiger partial charge in [-0.15, -0.1) is 0 Å². The number of hydrogen-bond acceptors (Lipinski definition) is 2. The smallest absolute Gasteiger partial charge is 0.189 e. The van der Waals surface area contributed by atoms with Crippen molar-refractivity contribution in [2.75, 3.05) is 13.2 Å². The van der Waals surface area contributed by atoms with Crippen molar-refractivity contribution < 1.29 is 9.53 Å². The molecule has 106 valence electrons. The van der Waals surface area contributed by atoms with E-state index in [-0.39, 0.29) is 12.4 Å². The molecule has 1 aromatic carbocycles. The van der Waals surface area contributed by atoms with Crippen LogP contribution in [-0.2, 0) is 4.74 Å². The zero-order chi connectivity index (χ0) is 14.1. The molecule has 3 heteroatoms. The summed E-state index contributed by atoms with van der Waals surface area (Å²) in [4.78, 5) is 12.0. The molecule has 0 aliphatic carbocycles. The number of rotatable bonds is 9. The van der Waals surface area contributed by atoms with Gasteiger partial charge in [-0.25, -0.2) is 0 Å². The molecule has 1 rings (SSSR count). The molecule has 0 N–H and O–H groups in total. The van der Waals surface area contributed by atoms with Crippen molar-refractivity contribution in [3.63, 3.8) is 0 Å². The summed E-state index contributed by atoms with van der Waals surface area (Å²) in [6.07, 6.45) is 4.76. The van der Waals surface area contributed by atoms with Gasteiger partial charge in [0.05, 0.1) is 0 Å². The number of carbonyl (C=O) groups is 1. The highest BCUT2D eigenvalue weighted by Crippen LogP contribution is 2.17. The molecule has 1 unspecified atom stereocenters. The lowest BCUT2D eigenvalue weighted by Crippen LogP contribution is -2.15. The number of unbranched alkanes of at least 4 members (excludes halogenated alkanes) is 1. The molecule has 0 fully saturated rings. The van der Waals surface area contributed by atoms with E-state index < -0.39 is 0 Å². The maximum Gasteiger partial charge on any atom is 0.189 e. The van der Waals surface area contributed by atoms with Crippen molar-refractivity contribution in [1.82, 2.24) is 0 Å². The monoisotopic (exact) mass is 326 g/mol. The van der Waals surface area contributed by atoms with E-state index in [0.29, 0.717) is 18.1 Å². The summed E-state index contributed by atoms with van der Waals surface area (Å²) in [5.41, 5.74) is 0.698. The van der Waals surface area contributed by atoms with Crippen LogP contribution >= 0.6 is 15.9 Å². The van der Waals surface area contributed by atoms with Crippen LogP contribution in [-0.4, -0.2) is 19.0 Å². The molecule has 0 spiro atoms. The Balaban J connectivity index is 2.36. The molecule has 1 aromatic rings. The van der Waals surface area contributed by atoms with E-state index in [1.807, 2.05) is 24.3 Å². The number of hydrogen-bond donors (Lipinski definition) is 0. The average Bonchev–Trinajstić information content (AvgIpc) is 2.42. The van der Waals surface area contributed by atoms with Gasteiger partial charge in [-0.1, -0.05) is 67.2 Å². The number of carbonyl (C=O) groups excluding carboxylic acids is 1. The fourth-order valence-electron chi connectivity index (χ4n) is 1.98. The predicted molar refractivity (Wildman–Crippen MR) is 82.6 cm³/mol. The highest BCUT2D eigenvalue weighted by Gasteiger charge is 2.11. The van der Waals surface area contributed by atoms with Crippen LogP contribution in [0.25, 0.3) is 0 Å². The number of benzene rings is 1. The van der Waals surface area contributed by atoms with Crippen molar-refractivity contribution in [3.05, 3.63) is 34.3 Å². The maximum atomic E-state index is 12.0. The lowest BCUT2D eigenvalue weighted by Gasteiger charge is -2.14. The van der Waals surface area contributed by atoms with Crippen LogP contribution in [0.4, 0.5) is 0 Å². The van der Waals surface area contributed by atoms with Gasteiger partial charge in [-0.05, 0) is 18.4 Å². The predicted octanol–water partition coefficient (Wildman–Crippen LogP) is 4.86. The normalized spacial score (nSPS) is 12.4. The Bertz CT molecular complexity index is 390. The summed E-state index contributed by atoms with van der Waals surface area (Å²) in [5, 5.41) is 0. The molecule has 0 bridgehead atoms. The first kappa shape index (κ1) is 16.4. The Kier molecular flexibility index (Phi) is 7.99. The summed E-state index contributed by atoms with van der Waals surface area (Å²) in [6.45, 7) is 5.24. The van der Waals surface area contributed by atoms with Crippen molar-refractivity contribution in [3.8, 4) is 0 Å². The third-order valence-electron chi connectivity index (χ3n) is 3.30. The van der Waals surface area contributed by atoms with Crippen LogP contribution in [0, 0.1) is 5.92 Å². The highest BCUT2D eigenvalue weighted by atomic mass is 79.9. The van der Waals surface area contributed by atoms with E-state index in [1.165, 1.54) is 19.3 Å². The van der Waals surface area contributed by atoms with E-state index in [9.17, 15) is 4.79 Å². The zero-order valence-electron chi connectivity index (χ0n) is 11.8. The third kappa shape index (κ3) is 5.87. The second kappa shape index (κ2) is 9.27. The molecular weight excluding hydrogens is 304 g/mol. The van der Waals surface area contributed by atoms with Gasteiger partial charge in [-0.3, -0.25) is 4.79 Å². The first-order valence-electron chi connectivity index (χ1n) is 7.04. The van der Waals surface area contributed by atoms with E-state index in [4.69, 9.17) is 4.74 Å². The second-order valence-electron chi connectivity index (χ2n) is 4.83. The van der Waals surface area contributed by atoms with Gasteiger partial charge < -0.3 is 4.74 Å². The highest BCUT2D eigenvalue weighted by molar-refractivity contribution is 9.10. The number of ketones is 1. The van der Waals surface area contributed by atoms with Crippen molar-refractivity contribution in [2.24, 2.45) is 5.92 Å².